The molecular weight excluding hydrogens is 356 g/mol. The van der Waals surface area contributed by atoms with E-state index in [1.165, 1.54) is 32.1 Å². The molecule has 1 aromatic rings. The molecule has 2 aliphatic rings. The van der Waals surface area contributed by atoms with E-state index in [0.29, 0.717) is 48.3 Å². The van der Waals surface area contributed by atoms with E-state index in [2.05, 4.69) is 20.4 Å². The summed E-state index contributed by atoms with van der Waals surface area (Å²) in [6, 6.07) is 0.919. The predicted molar refractivity (Wildman–Crippen MR) is 108 cm³/mol. The van der Waals surface area contributed by atoms with Crippen molar-refractivity contribution in [2.24, 2.45) is 0 Å². The van der Waals surface area contributed by atoms with Gasteiger partial charge in [-0.25, -0.2) is 0 Å². The molecule has 0 radical (unpaired) electrons. The summed E-state index contributed by atoms with van der Waals surface area (Å²) in [5.74, 6) is 1.04. The second-order valence-corrected chi connectivity index (χ2v) is 8.22. The molecule has 3 rings (SSSR count). The number of rotatable bonds is 7. The van der Waals surface area contributed by atoms with Gasteiger partial charge in [0.15, 0.2) is 5.82 Å². The van der Waals surface area contributed by atoms with E-state index in [4.69, 9.17) is 20.1 Å². The Labute approximate surface area is 167 Å². The third kappa shape index (κ3) is 5.17. The van der Waals surface area contributed by atoms with Crippen molar-refractivity contribution < 1.29 is 9.26 Å². The predicted octanol–water partition coefficient (Wildman–Crippen LogP) is 2.88. The van der Waals surface area contributed by atoms with Gasteiger partial charge >= 0.3 is 0 Å². The molecule has 1 aliphatic heterocycles. The van der Waals surface area contributed by atoms with Gasteiger partial charge in [0.25, 0.3) is 0 Å². The number of aryl methyl sites for hydroxylation is 1. The molecule has 1 aliphatic carbocycles. The van der Waals surface area contributed by atoms with E-state index in [9.17, 15) is 0 Å². The number of methoxy groups -OCH3 is 1. The highest BCUT2D eigenvalue weighted by Crippen LogP contribution is 2.26. The summed E-state index contributed by atoms with van der Waals surface area (Å²) in [6.07, 6.45) is 7.88. The first-order valence-corrected chi connectivity index (χ1v) is 10.4. The highest BCUT2D eigenvalue weighted by atomic mass is 16.5. The molecule has 156 valence electrons. The summed E-state index contributed by atoms with van der Waals surface area (Å²) in [5.41, 5.74) is 0.503. The van der Waals surface area contributed by atoms with Gasteiger partial charge in [0, 0.05) is 44.4 Å². The Bertz CT molecular complexity index is 669. The lowest BCUT2D eigenvalue weighted by Gasteiger charge is -2.42. The first-order chi connectivity index (χ1) is 13.5. The van der Waals surface area contributed by atoms with Crippen molar-refractivity contribution in [1.82, 2.24) is 20.4 Å². The van der Waals surface area contributed by atoms with Crippen LogP contribution in [-0.4, -0.2) is 65.0 Å². The van der Waals surface area contributed by atoms with Crippen LogP contribution in [-0.2, 0) is 4.74 Å². The van der Waals surface area contributed by atoms with E-state index in [1.54, 1.807) is 21.0 Å². The molecule has 1 saturated carbocycles. The number of hydrogen-bond donors (Lipinski definition) is 3. The monoisotopic (exact) mass is 390 g/mol. The molecular formula is C20H34N6O2. The number of nitrogens with one attached hydrogen (secondary N) is 3. The van der Waals surface area contributed by atoms with E-state index in [-0.39, 0.29) is 12.0 Å². The van der Waals surface area contributed by atoms with E-state index >= 15 is 0 Å². The van der Waals surface area contributed by atoms with Gasteiger partial charge in [0.05, 0.1) is 6.10 Å². The van der Waals surface area contributed by atoms with Gasteiger partial charge in [-0.15, -0.1) is 0 Å². The number of likely N-dealkylation sites (tertiary alicyclic amines) is 1. The lowest BCUT2D eigenvalue weighted by molar-refractivity contribution is 0.0193. The number of ether oxygens (including phenoxy) is 1. The van der Waals surface area contributed by atoms with Crippen LogP contribution in [0.2, 0.25) is 0 Å². The van der Waals surface area contributed by atoms with Crippen molar-refractivity contribution in [3.63, 3.8) is 0 Å². The Morgan fingerprint density at radius 1 is 1.29 bits per heavy atom. The minimum atomic E-state index is -0.376. The van der Waals surface area contributed by atoms with Crippen LogP contribution in [0.1, 0.15) is 69.5 Å². The van der Waals surface area contributed by atoms with Crippen LogP contribution in [0.25, 0.3) is 0 Å². The Balaban J connectivity index is 1.65. The quantitative estimate of drug-likeness (QED) is 0.488. The summed E-state index contributed by atoms with van der Waals surface area (Å²) < 4.78 is 11.1. The Morgan fingerprint density at radius 2 is 2.04 bits per heavy atom. The number of amidine groups is 1. The smallest absolute Gasteiger partial charge is 0.237 e. The normalized spacial score (nSPS) is 24.9. The van der Waals surface area contributed by atoms with Crippen LogP contribution in [0.5, 0.6) is 0 Å². The summed E-state index contributed by atoms with van der Waals surface area (Å²) in [4.78, 5) is 6.38. The maximum atomic E-state index is 8.79. The molecule has 1 saturated heterocycles. The fourth-order valence-electron chi connectivity index (χ4n) is 4.42. The van der Waals surface area contributed by atoms with Crippen LogP contribution in [0, 0.1) is 17.7 Å². The second kappa shape index (κ2) is 9.60. The number of piperidine rings is 1. The van der Waals surface area contributed by atoms with Crippen molar-refractivity contribution in [3.05, 3.63) is 11.7 Å². The number of nitrogens with zero attached hydrogens (tertiary/aromatic N) is 3. The second-order valence-electron chi connectivity index (χ2n) is 8.22. The molecule has 0 amide bonds. The van der Waals surface area contributed by atoms with Crippen molar-refractivity contribution in [2.45, 2.75) is 82.9 Å². The molecule has 0 aromatic carbocycles. The van der Waals surface area contributed by atoms with Crippen LogP contribution < -0.4 is 5.32 Å². The Kier molecular flexibility index (Phi) is 7.18. The zero-order valence-corrected chi connectivity index (χ0v) is 17.3. The van der Waals surface area contributed by atoms with Crippen molar-refractivity contribution in [1.29, 1.82) is 10.8 Å². The number of hydrogen-bond acceptors (Lipinski definition) is 7. The first-order valence-electron chi connectivity index (χ1n) is 10.4. The van der Waals surface area contributed by atoms with E-state index < -0.39 is 0 Å². The van der Waals surface area contributed by atoms with Crippen LogP contribution >= 0.6 is 0 Å². The van der Waals surface area contributed by atoms with Crippen molar-refractivity contribution >= 4 is 11.5 Å². The van der Waals surface area contributed by atoms with Crippen LogP contribution in [0.3, 0.4) is 0 Å². The van der Waals surface area contributed by atoms with Gasteiger partial charge in [-0.05, 0) is 33.1 Å². The highest BCUT2D eigenvalue weighted by molar-refractivity contribution is 5.91. The fourth-order valence-corrected chi connectivity index (χ4v) is 4.42. The van der Waals surface area contributed by atoms with Gasteiger partial charge in [0.2, 0.25) is 5.89 Å². The molecule has 3 unspecified atom stereocenters. The average Bonchev–Trinajstić information content (AvgIpc) is 3.12. The molecule has 1 aromatic heterocycles. The molecule has 2 fully saturated rings. The molecule has 2 heterocycles. The van der Waals surface area contributed by atoms with E-state index in [0.717, 1.165) is 13.0 Å². The molecule has 0 bridgehead atoms. The third-order valence-electron chi connectivity index (χ3n) is 5.94. The molecule has 3 N–H and O–H groups in total. The minimum absolute atomic E-state index is 0.0437. The van der Waals surface area contributed by atoms with Crippen LogP contribution in [0.4, 0.5) is 0 Å². The number of aromatic nitrogens is 2. The van der Waals surface area contributed by atoms with E-state index in [1.807, 2.05) is 0 Å². The summed E-state index contributed by atoms with van der Waals surface area (Å²) in [7, 11) is 1.76. The Hall–Kier alpha value is -1.80. The minimum Gasteiger partial charge on any atom is -0.378 e. The summed E-state index contributed by atoms with van der Waals surface area (Å²) >= 11 is 0. The zero-order chi connectivity index (χ0) is 20.1. The zero-order valence-electron chi connectivity index (χ0n) is 17.3. The van der Waals surface area contributed by atoms with Crippen LogP contribution in [0.15, 0.2) is 4.52 Å². The maximum Gasteiger partial charge on any atom is 0.237 e. The Morgan fingerprint density at radius 3 is 2.64 bits per heavy atom. The van der Waals surface area contributed by atoms with Crippen molar-refractivity contribution in [3.8, 4) is 0 Å². The highest BCUT2D eigenvalue weighted by Gasteiger charge is 2.35. The summed E-state index contributed by atoms with van der Waals surface area (Å²) in [5, 5.41) is 24.4. The molecule has 3 atom stereocenters. The average molecular weight is 391 g/mol. The molecule has 8 nitrogen and oxygen atoms in total. The molecule has 0 spiro atoms. The topological polar surface area (TPSA) is 111 Å². The van der Waals surface area contributed by atoms with Gasteiger partial charge < -0.3 is 24.9 Å². The van der Waals surface area contributed by atoms with Gasteiger partial charge in [-0.1, -0.05) is 24.4 Å². The van der Waals surface area contributed by atoms with Gasteiger partial charge in [-0.3, -0.25) is 5.41 Å². The van der Waals surface area contributed by atoms with Gasteiger partial charge in [-0.2, -0.15) is 4.98 Å². The van der Waals surface area contributed by atoms with Gasteiger partial charge in [0.1, 0.15) is 11.8 Å². The SMILES string of the molecule is COC1CN(C(=N)C(CC(C)=N)c2nc(C)no2)CCC1NC1CCCCC1. The standard InChI is InChI=1S/C20H34N6O2/c1-13(21)11-16(20-23-14(2)25-28-20)19(22)26-10-9-17(18(12-26)27-3)24-15-7-5-4-6-8-15/h15-18,21-22,24H,4-12H2,1-3H3. The molecule has 28 heavy (non-hydrogen) atoms. The molecule has 8 heteroatoms. The maximum absolute atomic E-state index is 8.79. The first kappa shape index (κ1) is 20.9. The largest absolute Gasteiger partial charge is 0.378 e. The van der Waals surface area contributed by atoms with Crippen molar-refractivity contribution in [2.75, 3.05) is 20.2 Å². The lowest BCUT2D eigenvalue weighted by Crippen LogP contribution is -2.57. The lowest BCUT2D eigenvalue weighted by atomic mass is 9.92. The fraction of sp³-hybridized carbons (Fsp3) is 0.800. The third-order valence-corrected chi connectivity index (χ3v) is 5.94. The summed E-state index contributed by atoms with van der Waals surface area (Å²) in [6.45, 7) is 4.99.